The van der Waals surface area contributed by atoms with Crippen LogP contribution < -0.4 is 10.6 Å². The van der Waals surface area contributed by atoms with Crippen LogP contribution >= 0.6 is 24.0 Å². The van der Waals surface area contributed by atoms with Gasteiger partial charge in [-0.05, 0) is 31.2 Å². The van der Waals surface area contributed by atoms with Crippen LogP contribution in [0.3, 0.4) is 0 Å². The van der Waals surface area contributed by atoms with Crippen molar-refractivity contribution in [2.24, 2.45) is 10.9 Å². The van der Waals surface area contributed by atoms with E-state index < -0.39 is 0 Å². The van der Waals surface area contributed by atoms with Crippen LogP contribution in [0.2, 0.25) is 0 Å². The van der Waals surface area contributed by atoms with Gasteiger partial charge in [0.1, 0.15) is 6.54 Å². The predicted octanol–water partition coefficient (Wildman–Crippen LogP) is 2.94. The molecule has 6 nitrogen and oxygen atoms in total. The number of hydrogen-bond donors (Lipinski definition) is 2. The number of likely N-dealkylation sites (tertiary alicyclic amines) is 1. The van der Waals surface area contributed by atoms with Gasteiger partial charge in [-0.15, -0.1) is 24.0 Å². The summed E-state index contributed by atoms with van der Waals surface area (Å²) in [5, 5.41) is 6.94. The topological polar surface area (TPSA) is 60.0 Å². The number of hydrogen-bond acceptors (Lipinski definition) is 3. The molecule has 0 spiro atoms. The highest BCUT2D eigenvalue weighted by Crippen LogP contribution is 2.19. The van der Waals surface area contributed by atoms with E-state index in [4.69, 9.17) is 0 Å². The van der Waals surface area contributed by atoms with E-state index in [-0.39, 0.29) is 36.4 Å². The van der Waals surface area contributed by atoms with Crippen molar-refractivity contribution >= 4 is 35.8 Å². The second-order valence-corrected chi connectivity index (χ2v) is 8.40. The molecule has 0 saturated carbocycles. The number of carbonyl (C=O) groups is 1. The molecule has 164 valence electrons. The number of guanidine groups is 1. The summed E-state index contributed by atoms with van der Waals surface area (Å²) in [6.45, 7) is 9.69. The van der Waals surface area contributed by atoms with Gasteiger partial charge in [-0.3, -0.25) is 9.69 Å². The van der Waals surface area contributed by atoms with Gasteiger partial charge in [-0.25, -0.2) is 4.99 Å². The number of amides is 1. The van der Waals surface area contributed by atoms with Crippen molar-refractivity contribution < 1.29 is 4.79 Å². The van der Waals surface area contributed by atoms with Crippen LogP contribution in [0, 0.1) is 5.92 Å². The normalized spacial score (nSPS) is 20.1. The number of piperidine rings is 1. The van der Waals surface area contributed by atoms with Crippen molar-refractivity contribution in [3.05, 3.63) is 35.9 Å². The van der Waals surface area contributed by atoms with E-state index in [1.807, 2.05) is 0 Å². The summed E-state index contributed by atoms with van der Waals surface area (Å²) in [6.07, 6.45) is 2.14. The van der Waals surface area contributed by atoms with Gasteiger partial charge >= 0.3 is 0 Å². The van der Waals surface area contributed by atoms with Gasteiger partial charge in [0.05, 0.1) is 0 Å². The van der Waals surface area contributed by atoms with Crippen LogP contribution in [0.15, 0.2) is 35.3 Å². The predicted molar refractivity (Wildman–Crippen MR) is 132 cm³/mol. The third-order valence-electron chi connectivity index (χ3n) is 5.13. The summed E-state index contributed by atoms with van der Waals surface area (Å²) < 4.78 is 0. The Morgan fingerprint density at radius 2 is 1.97 bits per heavy atom. The monoisotopic (exact) mass is 515 g/mol. The smallest absolute Gasteiger partial charge is 0.243 e. The minimum Gasteiger partial charge on any atom is -0.356 e. The van der Waals surface area contributed by atoms with Gasteiger partial charge in [0.25, 0.3) is 0 Å². The summed E-state index contributed by atoms with van der Waals surface area (Å²) in [7, 11) is 3.52. The van der Waals surface area contributed by atoms with Crippen molar-refractivity contribution in [2.45, 2.75) is 52.2 Å². The number of aliphatic imine (C=N–C) groups is 1. The number of nitrogens with one attached hydrogen (secondary N) is 2. The molecule has 1 aromatic rings. The fourth-order valence-corrected chi connectivity index (χ4v) is 3.34. The van der Waals surface area contributed by atoms with Crippen molar-refractivity contribution in [3.63, 3.8) is 0 Å². The summed E-state index contributed by atoms with van der Waals surface area (Å²) in [5.41, 5.74) is 1.36. The maximum absolute atomic E-state index is 11.9. The molecule has 1 aliphatic heterocycles. The van der Waals surface area contributed by atoms with Crippen LogP contribution in [-0.4, -0.2) is 67.5 Å². The quantitative estimate of drug-likeness (QED) is 0.333. The highest BCUT2D eigenvalue weighted by molar-refractivity contribution is 14.0. The minimum atomic E-state index is 0. The lowest BCUT2D eigenvalue weighted by Gasteiger charge is -2.38. The number of halogens is 1. The Morgan fingerprint density at radius 3 is 2.55 bits per heavy atom. The largest absolute Gasteiger partial charge is 0.356 e. The SMILES string of the molecule is CC(C)CNC(=NCC(=O)N(C)C)NC1CCN(Cc2ccccc2)C(C)C1.I. The van der Waals surface area contributed by atoms with Gasteiger partial charge in [-0.2, -0.15) is 0 Å². The Balaban J connectivity index is 0.00000420. The Morgan fingerprint density at radius 1 is 1.28 bits per heavy atom. The number of rotatable bonds is 7. The Bertz CT molecular complexity index is 635. The molecule has 29 heavy (non-hydrogen) atoms. The molecule has 2 rings (SSSR count). The third kappa shape index (κ3) is 9.33. The van der Waals surface area contributed by atoms with Crippen molar-refractivity contribution in [1.29, 1.82) is 0 Å². The average molecular weight is 515 g/mol. The van der Waals surface area contributed by atoms with E-state index >= 15 is 0 Å². The summed E-state index contributed by atoms with van der Waals surface area (Å²) >= 11 is 0. The molecule has 0 bridgehead atoms. The molecule has 1 aromatic carbocycles. The Labute approximate surface area is 193 Å². The molecule has 1 fully saturated rings. The van der Waals surface area contributed by atoms with E-state index in [1.165, 1.54) is 5.56 Å². The van der Waals surface area contributed by atoms with Gasteiger partial charge in [0.15, 0.2) is 5.96 Å². The maximum atomic E-state index is 11.9. The zero-order valence-electron chi connectivity index (χ0n) is 18.5. The molecule has 1 aliphatic rings. The zero-order chi connectivity index (χ0) is 20.5. The first-order chi connectivity index (χ1) is 13.3. The molecule has 1 amide bonds. The van der Waals surface area contributed by atoms with Crippen LogP contribution in [0.25, 0.3) is 0 Å². The number of carbonyl (C=O) groups excluding carboxylic acids is 1. The van der Waals surface area contributed by atoms with Gasteiger partial charge in [-0.1, -0.05) is 44.2 Å². The molecular formula is C22H38IN5O. The van der Waals surface area contributed by atoms with E-state index in [2.05, 4.69) is 71.6 Å². The van der Waals surface area contributed by atoms with E-state index in [9.17, 15) is 4.79 Å². The number of benzene rings is 1. The van der Waals surface area contributed by atoms with E-state index in [1.54, 1.807) is 19.0 Å². The molecule has 0 aliphatic carbocycles. The fourth-order valence-electron chi connectivity index (χ4n) is 3.34. The summed E-state index contributed by atoms with van der Waals surface area (Å²) in [4.78, 5) is 20.5. The van der Waals surface area contributed by atoms with Crippen LogP contribution in [0.1, 0.15) is 39.2 Å². The molecule has 2 N–H and O–H groups in total. The number of nitrogens with zero attached hydrogens (tertiary/aromatic N) is 3. The summed E-state index contributed by atoms with van der Waals surface area (Å²) in [6, 6.07) is 11.5. The van der Waals surface area contributed by atoms with E-state index in [0.29, 0.717) is 18.0 Å². The number of likely N-dealkylation sites (N-methyl/N-ethyl adjacent to an activating group) is 1. The lowest BCUT2D eigenvalue weighted by molar-refractivity contribution is -0.127. The molecule has 7 heteroatoms. The van der Waals surface area contributed by atoms with Gasteiger partial charge in [0, 0.05) is 45.8 Å². The minimum absolute atomic E-state index is 0. The third-order valence-corrected chi connectivity index (χ3v) is 5.13. The van der Waals surface area contributed by atoms with Crippen molar-refractivity contribution in [3.8, 4) is 0 Å². The van der Waals surface area contributed by atoms with Gasteiger partial charge in [0.2, 0.25) is 5.91 Å². The Hall–Kier alpha value is -1.35. The fraction of sp³-hybridized carbons (Fsp3) is 0.636. The van der Waals surface area contributed by atoms with Crippen LogP contribution in [-0.2, 0) is 11.3 Å². The van der Waals surface area contributed by atoms with Crippen molar-refractivity contribution in [2.75, 3.05) is 33.7 Å². The highest BCUT2D eigenvalue weighted by atomic mass is 127. The molecule has 0 radical (unpaired) electrons. The standard InChI is InChI=1S/C22H37N5O.HI/c1-17(2)14-23-22(24-15-21(28)26(4)5)25-20-11-12-27(18(3)13-20)16-19-9-7-6-8-10-19;/h6-10,17-18,20H,11-16H2,1-5H3,(H2,23,24,25);1H. The molecule has 2 unspecified atom stereocenters. The average Bonchev–Trinajstić information content (AvgIpc) is 2.66. The maximum Gasteiger partial charge on any atom is 0.243 e. The first kappa shape index (κ1) is 25.7. The first-order valence-corrected chi connectivity index (χ1v) is 10.4. The molecule has 1 heterocycles. The second kappa shape index (κ2) is 13.1. The van der Waals surface area contributed by atoms with Gasteiger partial charge < -0.3 is 15.5 Å². The molecule has 1 saturated heterocycles. The van der Waals surface area contributed by atoms with Crippen molar-refractivity contribution in [1.82, 2.24) is 20.4 Å². The lowest BCUT2D eigenvalue weighted by atomic mass is 9.97. The molecule has 0 aromatic heterocycles. The zero-order valence-corrected chi connectivity index (χ0v) is 20.8. The van der Waals surface area contributed by atoms with E-state index in [0.717, 1.165) is 38.4 Å². The lowest BCUT2D eigenvalue weighted by Crippen LogP contribution is -2.51. The second-order valence-electron chi connectivity index (χ2n) is 8.40. The first-order valence-electron chi connectivity index (χ1n) is 10.4. The van der Waals surface area contributed by atoms with Crippen LogP contribution in [0.4, 0.5) is 0 Å². The molecule has 2 atom stereocenters. The Kier molecular flexibility index (Phi) is 11.6. The molecular weight excluding hydrogens is 477 g/mol. The highest BCUT2D eigenvalue weighted by Gasteiger charge is 2.26. The summed E-state index contributed by atoms with van der Waals surface area (Å²) in [5.74, 6) is 1.28. The van der Waals surface area contributed by atoms with Crippen LogP contribution in [0.5, 0.6) is 0 Å².